The molecule has 1 aliphatic rings. The van der Waals surface area contributed by atoms with Crippen LogP contribution in [0.4, 0.5) is 0 Å². The summed E-state index contributed by atoms with van der Waals surface area (Å²) < 4.78 is 10.3. The smallest absolute Gasteiger partial charge is 0.410 e. The molecule has 0 N–H and O–H groups in total. The van der Waals surface area contributed by atoms with Crippen molar-refractivity contribution in [1.82, 2.24) is 0 Å². The average Bonchev–Trinajstić information content (AvgIpc) is 2.32. The summed E-state index contributed by atoms with van der Waals surface area (Å²) >= 11 is 1.32. The Kier molecular flexibility index (Phi) is 9.84. The summed E-state index contributed by atoms with van der Waals surface area (Å²) in [5, 5.41) is 0. The van der Waals surface area contributed by atoms with Crippen molar-refractivity contribution in [3.8, 4) is 0 Å². The van der Waals surface area contributed by atoms with Gasteiger partial charge in [0.15, 0.2) is 0 Å². The van der Waals surface area contributed by atoms with Gasteiger partial charge in [-0.05, 0) is 11.9 Å². The molecule has 0 amide bonds. The number of thioether (sulfide) groups is 1. The Morgan fingerprint density at radius 3 is 2.65 bits per heavy atom. The third kappa shape index (κ3) is 5.39. The zero-order valence-corrected chi connectivity index (χ0v) is 13.9. The monoisotopic (exact) mass is 328 g/mol. The Hall–Kier alpha value is 0.589. The summed E-state index contributed by atoms with van der Waals surface area (Å²) in [6.07, 6.45) is 10.1. The number of ketones is 1. The minimum atomic E-state index is -0.338. The van der Waals surface area contributed by atoms with Gasteiger partial charge < -0.3 is 21.1 Å². The molecule has 0 heterocycles. The molecule has 1 unspecified atom stereocenters. The molecule has 91 valence electrons. The van der Waals surface area contributed by atoms with Gasteiger partial charge in [-0.15, -0.1) is 0 Å². The third-order valence-corrected chi connectivity index (χ3v) is 2.98. The van der Waals surface area contributed by atoms with E-state index in [2.05, 4.69) is 6.26 Å². The Bertz CT molecular complexity index is 303. The van der Waals surface area contributed by atoms with Crippen LogP contribution in [0.1, 0.15) is 6.42 Å². The van der Waals surface area contributed by atoms with E-state index in [0.717, 1.165) is 5.47 Å². The standard InChI is InChI=1S/C11H16BO3S.Y/c1-14-12(15-2)10-6-4-9(5-7-10)11(13)8-16-3;/h4,6-7,9H,3,5,8H2,1-2H3;/q-1;. The number of carbonyl (C=O) groups excluding carboxylic acids is 1. The summed E-state index contributed by atoms with van der Waals surface area (Å²) in [4.78, 5) is 11.6. The Labute approximate surface area is 133 Å². The Morgan fingerprint density at radius 1 is 1.59 bits per heavy atom. The van der Waals surface area contributed by atoms with E-state index in [1.165, 1.54) is 11.8 Å². The van der Waals surface area contributed by atoms with Gasteiger partial charge in [-0.25, -0.2) is 0 Å². The van der Waals surface area contributed by atoms with E-state index in [4.69, 9.17) is 9.31 Å². The summed E-state index contributed by atoms with van der Waals surface area (Å²) in [6, 6.07) is 0. The van der Waals surface area contributed by atoms with Gasteiger partial charge in [0.2, 0.25) is 0 Å². The van der Waals surface area contributed by atoms with Gasteiger partial charge in [-0.3, -0.25) is 11.1 Å². The van der Waals surface area contributed by atoms with Crippen molar-refractivity contribution in [2.24, 2.45) is 5.92 Å². The van der Waals surface area contributed by atoms with E-state index in [-0.39, 0.29) is 51.5 Å². The van der Waals surface area contributed by atoms with E-state index in [1.807, 2.05) is 18.2 Å². The zero-order valence-electron chi connectivity index (χ0n) is 10.2. The van der Waals surface area contributed by atoms with Gasteiger partial charge in [0.05, 0.1) is 0 Å². The largest absolute Gasteiger partial charge is 0.493 e. The molecule has 1 radical (unpaired) electrons. The van der Waals surface area contributed by atoms with E-state index >= 15 is 0 Å². The van der Waals surface area contributed by atoms with E-state index < -0.39 is 0 Å². The van der Waals surface area contributed by atoms with Crippen LogP contribution in [0.2, 0.25) is 0 Å². The first-order chi connectivity index (χ1) is 7.72. The van der Waals surface area contributed by atoms with Crippen LogP contribution in [0.25, 0.3) is 0 Å². The van der Waals surface area contributed by atoms with Gasteiger partial charge in [-0.2, -0.15) is 0 Å². The fourth-order valence-corrected chi connectivity index (χ4v) is 2.04. The molecule has 6 heteroatoms. The predicted octanol–water partition coefficient (Wildman–Crippen LogP) is 1.90. The minimum absolute atomic E-state index is 0. The van der Waals surface area contributed by atoms with Crippen molar-refractivity contribution in [1.29, 1.82) is 0 Å². The number of Topliss-reactive ketones (excluding diaryl/α,β-unsaturated/α-hetero) is 1. The van der Waals surface area contributed by atoms with Gasteiger partial charge in [0, 0.05) is 58.6 Å². The van der Waals surface area contributed by atoms with Gasteiger partial charge in [0.25, 0.3) is 0 Å². The fourth-order valence-electron chi connectivity index (χ4n) is 1.63. The molecule has 0 fully saturated rings. The normalized spacial score (nSPS) is 18.3. The number of rotatable bonds is 6. The second kappa shape index (κ2) is 9.51. The number of allylic oxidation sites excluding steroid dienone is 4. The molecule has 0 aliphatic heterocycles. The van der Waals surface area contributed by atoms with Gasteiger partial charge >= 0.3 is 7.12 Å². The molecule has 0 aromatic rings. The molecule has 0 saturated heterocycles. The molecule has 0 aromatic carbocycles. The van der Waals surface area contributed by atoms with Crippen molar-refractivity contribution in [3.63, 3.8) is 0 Å². The maximum atomic E-state index is 11.6. The first-order valence-corrected chi connectivity index (χ1v) is 6.22. The molecule has 1 rings (SSSR count). The van der Waals surface area contributed by atoms with Crippen LogP contribution in [0.5, 0.6) is 0 Å². The second-order valence-corrected chi connectivity index (χ2v) is 4.22. The van der Waals surface area contributed by atoms with Crippen LogP contribution in [-0.2, 0) is 46.8 Å². The van der Waals surface area contributed by atoms with Crippen molar-refractivity contribution in [3.05, 3.63) is 30.0 Å². The maximum absolute atomic E-state index is 11.6. The fraction of sp³-hybridized carbons (Fsp3) is 0.455. The molecular formula is C11H16BO3SY-. The van der Waals surface area contributed by atoms with Gasteiger partial charge in [0.1, 0.15) is 5.78 Å². The molecule has 1 atom stereocenters. The van der Waals surface area contributed by atoms with Crippen LogP contribution in [0.3, 0.4) is 0 Å². The van der Waals surface area contributed by atoms with Crippen LogP contribution in [0.15, 0.2) is 23.7 Å². The summed E-state index contributed by atoms with van der Waals surface area (Å²) in [6.45, 7) is 0. The summed E-state index contributed by atoms with van der Waals surface area (Å²) in [5.74, 6) is 0.668. The van der Waals surface area contributed by atoms with E-state index in [9.17, 15) is 4.79 Å². The van der Waals surface area contributed by atoms with Crippen molar-refractivity contribution in [2.75, 3.05) is 20.0 Å². The molecule has 0 saturated carbocycles. The molecule has 0 spiro atoms. The molecule has 0 aromatic heterocycles. The second-order valence-electron chi connectivity index (χ2n) is 3.52. The third-order valence-electron chi connectivity index (χ3n) is 2.49. The first kappa shape index (κ1) is 17.6. The predicted molar refractivity (Wildman–Crippen MR) is 67.9 cm³/mol. The average molecular weight is 328 g/mol. The van der Waals surface area contributed by atoms with Crippen LogP contribution < -0.4 is 0 Å². The molecule has 1 aliphatic carbocycles. The summed E-state index contributed by atoms with van der Waals surface area (Å²) in [7, 11) is 2.86. The van der Waals surface area contributed by atoms with Crippen LogP contribution in [0, 0.1) is 12.2 Å². The molecule has 17 heavy (non-hydrogen) atoms. The van der Waals surface area contributed by atoms with Crippen molar-refractivity contribution >= 4 is 24.7 Å². The van der Waals surface area contributed by atoms with Crippen molar-refractivity contribution in [2.45, 2.75) is 6.42 Å². The Balaban J connectivity index is 0.00000256. The van der Waals surface area contributed by atoms with E-state index in [1.54, 1.807) is 14.2 Å². The molecule has 0 bridgehead atoms. The molecular weight excluding hydrogens is 312 g/mol. The maximum Gasteiger partial charge on any atom is 0.493 e. The Morgan fingerprint density at radius 2 is 2.24 bits per heavy atom. The number of hydrogen-bond donors (Lipinski definition) is 0. The topological polar surface area (TPSA) is 35.5 Å². The quantitative estimate of drug-likeness (QED) is 0.551. The SMILES string of the molecule is [CH2-]SCC(=O)C1C=CC(B(OC)OC)=CC1.[Y]. The van der Waals surface area contributed by atoms with Gasteiger partial charge in [-0.1, -0.05) is 18.2 Å². The zero-order chi connectivity index (χ0) is 12.0. The van der Waals surface area contributed by atoms with Crippen molar-refractivity contribution < 1.29 is 46.8 Å². The van der Waals surface area contributed by atoms with Crippen LogP contribution in [-0.4, -0.2) is 32.9 Å². The minimum Gasteiger partial charge on any atom is -0.410 e. The van der Waals surface area contributed by atoms with E-state index in [0.29, 0.717) is 12.2 Å². The number of hydrogen-bond acceptors (Lipinski definition) is 4. The first-order valence-electron chi connectivity index (χ1n) is 5.06. The summed E-state index contributed by atoms with van der Waals surface area (Å²) in [5.41, 5.74) is 0.969. The molecule has 3 nitrogen and oxygen atoms in total. The number of carbonyl (C=O) groups is 1. The van der Waals surface area contributed by atoms with Crippen LogP contribution >= 0.6 is 11.8 Å².